The number of aldehydes is 1. The minimum Gasteiger partial charge on any atom is -0.486 e. The molecule has 0 N–H and O–H groups in total. The molecule has 0 radical (unpaired) electrons. The molecule has 0 fully saturated rings. The summed E-state index contributed by atoms with van der Waals surface area (Å²) in [4.78, 5) is 22.6. The fraction of sp³-hybridized carbons (Fsp3) is 0.300. The first-order valence-corrected chi connectivity index (χ1v) is 8.05. The van der Waals surface area contributed by atoms with E-state index in [2.05, 4.69) is 0 Å². The van der Waals surface area contributed by atoms with Crippen molar-refractivity contribution in [3.8, 4) is 5.75 Å². The van der Waals surface area contributed by atoms with Crippen molar-refractivity contribution in [3.05, 3.63) is 64.7 Å². The number of halogens is 2. The minimum atomic E-state index is -1.04. The third-order valence-electron chi connectivity index (χ3n) is 3.36. The molecule has 0 aromatic heterocycles. The third-order valence-corrected chi connectivity index (χ3v) is 3.36. The summed E-state index contributed by atoms with van der Waals surface area (Å²) in [5.41, 5.74) is 0.200. The van der Waals surface area contributed by atoms with Gasteiger partial charge in [-0.2, -0.15) is 0 Å². The van der Waals surface area contributed by atoms with Gasteiger partial charge in [0.05, 0.1) is 12.0 Å². The molecule has 4 nitrogen and oxygen atoms in total. The molecule has 0 aliphatic carbocycles. The summed E-state index contributed by atoms with van der Waals surface area (Å²) in [7, 11) is 0. The predicted octanol–water partition coefficient (Wildman–Crippen LogP) is 4.24. The van der Waals surface area contributed by atoms with Crippen LogP contribution in [0.25, 0.3) is 0 Å². The van der Waals surface area contributed by atoms with Crippen LogP contribution in [0.3, 0.4) is 0 Å². The fourth-order valence-electron chi connectivity index (χ4n) is 2.30. The van der Waals surface area contributed by atoms with Crippen molar-refractivity contribution in [2.24, 2.45) is 0 Å². The van der Waals surface area contributed by atoms with Gasteiger partial charge in [-0.25, -0.2) is 8.78 Å². The van der Waals surface area contributed by atoms with E-state index in [1.807, 2.05) is 0 Å². The van der Waals surface area contributed by atoms with E-state index in [1.165, 1.54) is 0 Å². The van der Waals surface area contributed by atoms with Gasteiger partial charge in [-0.1, -0.05) is 24.3 Å². The van der Waals surface area contributed by atoms with Gasteiger partial charge >= 0.3 is 5.97 Å². The van der Waals surface area contributed by atoms with Crippen molar-refractivity contribution >= 4 is 12.3 Å². The van der Waals surface area contributed by atoms with Crippen molar-refractivity contribution in [2.45, 2.75) is 39.4 Å². The van der Waals surface area contributed by atoms with E-state index < -0.39 is 22.8 Å². The van der Waals surface area contributed by atoms with Gasteiger partial charge in [-0.15, -0.1) is 0 Å². The minimum absolute atomic E-state index is 0.00298. The molecule has 138 valence electrons. The molecule has 2 rings (SSSR count). The summed E-state index contributed by atoms with van der Waals surface area (Å²) in [5.74, 6) is -2.55. The summed E-state index contributed by atoms with van der Waals surface area (Å²) in [6.45, 7) is 5.38. The summed E-state index contributed by atoms with van der Waals surface area (Å²) >= 11 is 0. The zero-order valence-corrected chi connectivity index (χ0v) is 14.8. The van der Waals surface area contributed by atoms with E-state index in [0.717, 1.165) is 17.7 Å². The lowest BCUT2D eigenvalue weighted by molar-refractivity contribution is -0.153. The van der Waals surface area contributed by atoms with Crippen LogP contribution in [-0.2, 0) is 22.6 Å². The van der Waals surface area contributed by atoms with Gasteiger partial charge in [0.1, 0.15) is 18.0 Å². The number of hydrogen-bond donors (Lipinski definition) is 0. The number of rotatable bonds is 6. The molecule has 6 heteroatoms. The summed E-state index contributed by atoms with van der Waals surface area (Å²) in [5, 5.41) is 0. The largest absolute Gasteiger partial charge is 0.486 e. The van der Waals surface area contributed by atoms with E-state index in [4.69, 9.17) is 9.47 Å². The van der Waals surface area contributed by atoms with Crippen LogP contribution in [-0.4, -0.2) is 17.9 Å². The Hall–Kier alpha value is -2.76. The van der Waals surface area contributed by atoms with Gasteiger partial charge < -0.3 is 9.47 Å². The lowest BCUT2D eigenvalue weighted by Gasteiger charge is -2.19. The molecule has 26 heavy (non-hydrogen) atoms. The normalized spacial score (nSPS) is 11.1. The molecule has 0 spiro atoms. The zero-order chi connectivity index (χ0) is 19.3. The highest BCUT2D eigenvalue weighted by Gasteiger charge is 2.17. The third kappa shape index (κ3) is 5.37. The molecule has 0 amide bonds. The highest BCUT2D eigenvalue weighted by atomic mass is 19.1. The van der Waals surface area contributed by atoms with Gasteiger partial charge in [0.15, 0.2) is 17.9 Å². The van der Waals surface area contributed by atoms with Crippen LogP contribution in [0, 0.1) is 11.6 Å². The van der Waals surface area contributed by atoms with Gasteiger partial charge in [0, 0.05) is 0 Å². The first kappa shape index (κ1) is 19.6. The topological polar surface area (TPSA) is 52.6 Å². The van der Waals surface area contributed by atoms with Crippen LogP contribution in [0.2, 0.25) is 0 Å². The summed E-state index contributed by atoms with van der Waals surface area (Å²) in [6, 6.07) is 9.11. The predicted molar refractivity (Wildman–Crippen MR) is 92.1 cm³/mol. The Bertz CT molecular complexity index is 810. The van der Waals surface area contributed by atoms with Crippen molar-refractivity contribution in [1.82, 2.24) is 0 Å². The first-order valence-electron chi connectivity index (χ1n) is 8.05. The number of carbonyl (C=O) groups is 2. The quantitative estimate of drug-likeness (QED) is 0.570. The maximum atomic E-state index is 14.0. The van der Waals surface area contributed by atoms with Crippen LogP contribution in [0.4, 0.5) is 8.78 Å². The summed E-state index contributed by atoms with van der Waals surface area (Å²) in [6.07, 6.45) is 0.213. The second-order valence-corrected chi connectivity index (χ2v) is 6.76. The summed E-state index contributed by atoms with van der Waals surface area (Å²) < 4.78 is 37.9. The lowest BCUT2D eigenvalue weighted by Crippen LogP contribution is -2.24. The van der Waals surface area contributed by atoms with Crippen LogP contribution < -0.4 is 4.74 Å². The van der Waals surface area contributed by atoms with E-state index in [9.17, 15) is 18.4 Å². The number of carbonyl (C=O) groups excluding carboxylic acids is 2. The maximum absolute atomic E-state index is 14.0. The zero-order valence-electron chi connectivity index (χ0n) is 14.8. The maximum Gasteiger partial charge on any atom is 0.310 e. The van der Waals surface area contributed by atoms with Crippen LogP contribution >= 0.6 is 0 Å². The lowest BCUT2D eigenvalue weighted by atomic mass is 10.1. The van der Waals surface area contributed by atoms with Gasteiger partial charge in [0.2, 0.25) is 0 Å². The second kappa shape index (κ2) is 8.08. The molecule has 0 saturated carbocycles. The highest BCUT2D eigenvalue weighted by Crippen LogP contribution is 2.23. The first-order chi connectivity index (χ1) is 12.2. The smallest absolute Gasteiger partial charge is 0.310 e. The average Bonchev–Trinajstić information content (AvgIpc) is 2.53. The van der Waals surface area contributed by atoms with Crippen molar-refractivity contribution in [1.29, 1.82) is 0 Å². The van der Waals surface area contributed by atoms with Crippen molar-refractivity contribution < 1.29 is 27.8 Å². The van der Waals surface area contributed by atoms with Crippen molar-refractivity contribution in [2.75, 3.05) is 0 Å². The Kier molecular flexibility index (Phi) is 6.08. The molecule has 2 aromatic carbocycles. The monoisotopic (exact) mass is 362 g/mol. The van der Waals surface area contributed by atoms with Crippen molar-refractivity contribution in [3.63, 3.8) is 0 Å². The van der Waals surface area contributed by atoms with Crippen LogP contribution in [0.1, 0.15) is 42.3 Å². The number of hydrogen-bond acceptors (Lipinski definition) is 4. The average molecular weight is 362 g/mol. The van der Waals surface area contributed by atoms with Gasteiger partial charge in [0.25, 0.3) is 0 Å². The molecule has 0 aliphatic rings. The van der Waals surface area contributed by atoms with Crippen LogP contribution in [0.15, 0.2) is 36.4 Å². The van der Waals surface area contributed by atoms with Gasteiger partial charge in [-0.05, 0) is 44.0 Å². The number of benzene rings is 2. The molecular weight excluding hydrogens is 342 g/mol. The molecule has 0 heterocycles. The Morgan fingerprint density at radius 1 is 1.12 bits per heavy atom. The number of ether oxygens (including phenoxy) is 2. The molecule has 0 aliphatic heterocycles. The van der Waals surface area contributed by atoms with Gasteiger partial charge in [-0.3, -0.25) is 9.59 Å². The number of esters is 1. The Morgan fingerprint density at radius 2 is 1.81 bits per heavy atom. The van der Waals surface area contributed by atoms with Crippen LogP contribution in [0.5, 0.6) is 5.75 Å². The molecule has 0 unspecified atom stereocenters. The van der Waals surface area contributed by atoms with E-state index in [1.54, 1.807) is 45.0 Å². The Morgan fingerprint density at radius 3 is 2.46 bits per heavy atom. The van der Waals surface area contributed by atoms with E-state index in [-0.39, 0.29) is 31.0 Å². The SMILES string of the molecule is CC(C)(C)OC(=O)Cc1cccc(COc2ccc(F)c(C=O)c2F)c1. The Balaban J connectivity index is 2.05. The molecule has 2 aromatic rings. The standard InChI is InChI=1S/C20H20F2O4/c1-20(2,3)26-18(24)10-13-5-4-6-14(9-13)12-25-17-8-7-16(21)15(11-23)19(17)22/h4-9,11H,10,12H2,1-3H3. The Labute approximate surface area is 150 Å². The fourth-order valence-corrected chi connectivity index (χ4v) is 2.30. The highest BCUT2D eigenvalue weighted by molar-refractivity contribution is 5.76. The van der Waals surface area contributed by atoms with E-state index >= 15 is 0 Å². The molecule has 0 saturated heterocycles. The van der Waals surface area contributed by atoms with E-state index in [0.29, 0.717) is 5.56 Å². The molecule has 0 atom stereocenters. The molecular formula is C20H20F2O4. The second-order valence-electron chi connectivity index (χ2n) is 6.76. The molecule has 0 bridgehead atoms.